The highest BCUT2D eigenvalue weighted by atomic mass is 79.9. The summed E-state index contributed by atoms with van der Waals surface area (Å²) in [6, 6.07) is 3.44. The monoisotopic (exact) mass is 201 g/mol. The zero-order chi connectivity index (χ0) is 7.56. The van der Waals surface area contributed by atoms with Gasteiger partial charge >= 0.3 is 0 Å². The first kappa shape index (κ1) is 7.54. The summed E-state index contributed by atoms with van der Waals surface area (Å²) in [5.74, 6) is 0.254. The van der Waals surface area contributed by atoms with Crippen LogP contribution in [0.1, 0.15) is 11.4 Å². The second-order valence-electron chi connectivity index (χ2n) is 2.04. The van der Waals surface area contributed by atoms with Gasteiger partial charge in [0.25, 0.3) is 0 Å². The van der Waals surface area contributed by atoms with Crippen LogP contribution in [0.15, 0.2) is 12.1 Å². The fourth-order valence-corrected chi connectivity index (χ4v) is 0.992. The molecular formula is C7H8BrNO. The lowest BCUT2D eigenvalue weighted by atomic mass is 10.3. The zero-order valence-electron chi connectivity index (χ0n) is 5.63. The number of halogens is 1. The van der Waals surface area contributed by atoms with Crippen molar-refractivity contribution in [3.63, 3.8) is 0 Å². The first-order valence-electron chi connectivity index (χ1n) is 2.95. The maximum Gasteiger partial charge on any atom is 0.136 e. The van der Waals surface area contributed by atoms with Gasteiger partial charge in [0.1, 0.15) is 5.75 Å². The van der Waals surface area contributed by atoms with Gasteiger partial charge in [-0.05, 0) is 19.1 Å². The molecule has 0 spiro atoms. The van der Waals surface area contributed by atoms with Gasteiger partial charge in [-0.25, -0.2) is 0 Å². The molecule has 0 saturated heterocycles. The highest BCUT2D eigenvalue weighted by Gasteiger charge is 1.96. The van der Waals surface area contributed by atoms with E-state index in [9.17, 15) is 0 Å². The Morgan fingerprint density at radius 1 is 1.60 bits per heavy atom. The molecule has 1 heterocycles. The Hall–Kier alpha value is -0.570. The molecule has 1 aromatic heterocycles. The number of hydrogen-bond acceptors (Lipinski definition) is 2. The molecule has 0 aromatic carbocycles. The van der Waals surface area contributed by atoms with E-state index in [2.05, 4.69) is 20.9 Å². The largest absolute Gasteiger partial charge is 0.506 e. The Labute approximate surface area is 68.0 Å². The topological polar surface area (TPSA) is 33.1 Å². The number of aryl methyl sites for hydroxylation is 1. The van der Waals surface area contributed by atoms with Crippen LogP contribution >= 0.6 is 15.9 Å². The van der Waals surface area contributed by atoms with Crippen LogP contribution in [-0.4, -0.2) is 10.1 Å². The van der Waals surface area contributed by atoms with Crippen molar-refractivity contribution in [1.29, 1.82) is 0 Å². The fourth-order valence-electron chi connectivity index (χ4n) is 0.680. The van der Waals surface area contributed by atoms with Crippen molar-refractivity contribution >= 4 is 15.9 Å². The molecule has 1 aromatic rings. The summed E-state index contributed by atoms with van der Waals surface area (Å²) in [5.41, 5.74) is 1.62. The van der Waals surface area contributed by atoms with Crippen molar-refractivity contribution in [3.05, 3.63) is 23.5 Å². The van der Waals surface area contributed by atoms with E-state index in [0.29, 0.717) is 5.69 Å². The molecule has 0 radical (unpaired) electrons. The van der Waals surface area contributed by atoms with Crippen LogP contribution in [-0.2, 0) is 5.33 Å². The van der Waals surface area contributed by atoms with Gasteiger partial charge in [0, 0.05) is 5.33 Å². The molecule has 0 fully saturated rings. The lowest BCUT2D eigenvalue weighted by Crippen LogP contribution is -1.87. The normalized spacial score (nSPS) is 9.80. The highest BCUT2D eigenvalue weighted by Crippen LogP contribution is 2.14. The second kappa shape index (κ2) is 3.01. The average molecular weight is 202 g/mol. The van der Waals surface area contributed by atoms with Crippen LogP contribution in [0.2, 0.25) is 0 Å². The number of aromatic hydroxyl groups is 1. The van der Waals surface area contributed by atoms with Gasteiger partial charge in [-0.3, -0.25) is 4.98 Å². The van der Waals surface area contributed by atoms with Gasteiger partial charge in [0.2, 0.25) is 0 Å². The van der Waals surface area contributed by atoms with Crippen molar-refractivity contribution in [1.82, 2.24) is 4.98 Å². The van der Waals surface area contributed by atoms with E-state index in [1.807, 2.05) is 0 Å². The predicted molar refractivity (Wildman–Crippen MR) is 43.3 cm³/mol. The van der Waals surface area contributed by atoms with Crippen LogP contribution < -0.4 is 0 Å². The Morgan fingerprint density at radius 2 is 2.30 bits per heavy atom. The van der Waals surface area contributed by atoms with Crippen LogP contribution in [0.4, 0.5) is 0 Å². The fraction of sp³-hybridized carbons (Fsp3) is 0.286. The molecular weight excluding hydrogens is 194 g/mol. The van der Waals surface area contributed by atoms with E-state index in [-0.39, 0.29) is 5.75 Å². The Kier molecular flexibility index (Phi) is 2.27. The molecule has 0 aliphatic carbocycles. The summed E-state index contributed by atoms with van der Waals surface area (Å²) in [6.07, 6.45) is 0. The predicted octanol–water partition coefficient (Wildman–Crippen LogP) is 1.99. The van der Waals surface area contributed by atoms with Gasteiger partial charge in [0.05, 0.1) is 11.4 Å². The maximum absolute atomic E-state index is 9.06. The Balaban J connectivity index is 3.04. The van der Waals surface area contributed by atoms with E-state index in [1.54, 1.807) is 19.1 Å². The van der Waals surface area contributed by atoms with Crippen LogP contribution in [0, 0.1) is 6.92 Å². The first-order valence-corrected chi connectivity index (χ1v) is 4.07. The zero-order valence-corrected chi connectivity index (χ0v) is 7.22. The third-order valence-corrected chi connectivity index (χ3v) is 1.83. The second-order valence-corrected chi connectivity index (χ2v) is 2.60. The lowest BCUT2D eigenvalue weighted by molar-refractivity contribution is 0.467. The van der Waals surface area contributed by atoms with E-state index in [0.717, 1.165) is 11.0 Å². The van der Waals surface area contributed by atoms with Crippen molar-refractivity contribution in [2.45, 2.75) is 12.3 Å². The van der Waals surface area contributed by atoms with Crippen molar-refractivity contribution in [2.75, 3.05) is 0 Å². The summed E-state index contributed by atoms with van der Waals surface area (Å²) in [5, 5.41) is 9.79. The minimum Gasteiger partial charge on any atom is -0.506 e. The van der Waals surface area contributed by atoms with Crippen LogP contribution in [0.3, 0.4) is 0 Å². The molecule has 0 bridgehead atoms. The molecule has 0 aliphatic heterocycles. The molecule has 1 N–H and O–H groups in total. The number of alkyl halides is 1. The average Bonchev–Trinajstić information content (AvgIpc) is 1.95. The maximum atomic E-state index is 9.06. The van der Waals surface area contributed by atoms with Gasteiger partial charge in [-0.2, -0.15) is 0 Å². The molecule has 0 amide bonds. The number of hydrogen-bond donors (Lipinski definition) is 1. The molecule has 1 rings (SSSR count). The Bertz CT molecular complexity index is 237. The SMILES string of the molecule is Cc1nc(CBr)ccc1O. The van der Waals surface area contributed by atoms with E-state index in [1.165, 1.54) is 0 Å². The number of aromatic nitrogens is 1. The lowest BCUT2D eigenvalue weighted by Gasteiger charge is -1.98. The van der Waals surface area contributed by atoms with E-state index >= 15 is 0 Å². The van der Waals surface area contributed by atoms with Crippen LogP contribution in [0.5, 0.6) is 5.75 Å². The van der Waals surface area contributed by atoms with E-state index < -0.39 is 0 Å². The van der Waals surface area contributed by atoms with Crippen LogP contribution in [0.25, 0.3) is 0 Å². The summed E-state index contributed by atoms with van der Waals surface area (Å²) in [6.45, 7) is 1.78. The summed E-state index contributed by atoms with van der Waals surface area (Å²) in [7, 11) is 0. The molecule has 54 valence electrons. The summed E-state index contributed by atoms with van der Waals surface area (Å²) < 4.78 is 0. The van der Waals surface area contributed by atoms with Crippen molar-refractivity contribution in [2.24, 2.45) is 0 Å². The number of nitrogens with zero attached hydrogens (tertiary/aromatic N) is 1. The van der Waals surface area contributed by atoms with Gasteiger partial charge in [-0.1, -0.05) is 15.9 Å². The molecule has 0 atom stereocenters. The first-order chi connectivity index (χ1) is 4.74. The van der Waals surface area contributed by atoms with Crippen molar-refractivity contribution < 1.29 is 5.11 Å². The quantitative estimate of drug-likeness (QED) is 0.706. The number of pyridine rings is 1. The van der Waals surface area contributed by atoms with Gasteiger partial charge in [-0.15, -0.1) is 0 Å². The molecule has 0 unspecified atom stereocenters. The Morgan fingerprint density at radius 3 is 2.80 bits per heavy atom. The minimum atomic E-state index is 0.254. The highest BCUT2D eigenvalue weighted by molar-refractivity contribution is 9.08. The molecule has 3 heteroatoms. The minimum absolute atomic E-state index is 0.254. The number of rotatable bonds is 1. The van der Waals surface area contributed by atoms with Gasteiger partial charge < -0.3 is 5.11 Å². The third-order valence-electron chi connectivity index (χ3n) is 1.25. The van der Waals surface area contributed by atoms with Gasteiger partial charge in [0.15, 0.2) is 0 Å². The molecule has 0 saturated carbocycles. The third kappa shape index (κ3) is 1.48. The van der Waals surface area contributed by atoms with Crippen molar-refractivity contribution in [3.8, 4) is 5.75 Å². The summed E-state index contributed by atoms with van der Waals surface area (Å²) >= 11 is 3.27. The summed E-state index contributed by atoms with van der Waals surface area (Å²) in [4.78, 5) is 4.09. The molecule has 10 heavy (non-hydrogen) atoms. The van der Waals surface area contributed by atoms with E-state index in [4.69, 9.17) is 5.11 Å². The smallest absolute Gasteiger partial charge is 0.136 e. The standard InChI is InChI=1S/C7H8BrNO/c1-5-7(10)3-2-6(4-8)9-5/h2-3,10H,4H2,1H3. The molecule has 0 aliphatic rings. The molecule has 2 nitrogen and oxygen atoms in total.